The fourth-order valence-electron chi connectivity index (χ4n) is 2.78. The van der Waals surface area contributed by atoms with Crippen molar-refractivity contribution in [3.05, 3.63) is 11.4 Å². The van der Waals surface area contributed by atoms with E-state index in [1.807, 2.05) is 6.92 Å². The summed E-state index contributed by atoms with van der Waals surface area (Å²) in [6.07, 6.45) is 6.25. The van der Waals surface area contributed by atoms with Crippen molar-refractivity contribution in [2.75, 3.05) is 17.2 Å². The Balaban J connectivity index is 2.08. The third kappa shape index (κ3) is 3.84. The van der Waals surface area contributed by atoms with Crippen molar-refractivity contribution in [3.63, 3.8) is 0 Å². The van der Waals surface area contributed by atoms with Crippen LogP contribution in [0.15, 0.2) is 0 Å². The molecule has 0 aromatic carbocycles. The summed E-state index contributed by atoms with van der Waals surface area (Å²) >= 11 is 0. The van der Waals surface area contributed by atoms with Gasteiger partial charge in [0.1, 0.15) is 17.5 Å². The van der Waals surface area contributed by atoms with Crippen molar-refractivity contribution in [1.29, 1.82) is 0 Å². The minimum absolute atomic E-state index is 0.568. The molecule has 1 saturated carbocycles. The lowest BCUT2D eigenvalue weighted by Crippen LogP contribution is -2.26. The van der Waals surface area contributed by atoms with Crippen LogP contribution in [0.3, 0.4) is 0 Å². The van der Waals surface area contributed by atoms with Crippen LogP contribution in [0.25, 0.3) is 0 Å². The van der Waals surface area contributed by atoms with Crippen LogP contribution in [0.1, 0.15) is 57.3 Å². The number of nitrogens with zero attached hydrogens (tertiary/aromatic N) is 2. The van der Waals surface area contributed by atoms with E-state index in [0.717, 1.165) is 41.9 Å². The van der Waals surface area contributed by atoms with E-state index in [9.17, 15) is 0 Å². The summed E-state index contributed by atoms with van der Waals surface area (Å²) in [6.45, 7) is 9.54. The first-order valence-electron chi connectivity index (χ1n) is 7.95. The largest absolute Gasteiger partial charge is 0.370 e. The van der Waals surface area contributed by atoms with E-state index in [1.54, 1.807) is 0 Å². The molecule has 4 nitrogen and oxygen atoms in total. The lowest BCUT2D eigenvalue weighted by Gasteiger charge is -2.28. The van der Waals surface area contributed by atoms with E-state index in [0.29, 0.717) is 6.04 Å². The monoisotopic (exact) mass is 276 g/mol. The Morgan fingerprint density at radius 3 is 2.35 bits per heavy atom. The number of anilines is 2. The maximum Gasteiger partial charge on any atom is 0.134 e. The van der Waals surface area contributed by atoms with Crippen molar-refractivity contribution < 1.29 is 0 Å². The summed E-state index contributed by atoms with van der Waals surface area (Å²) in [4.78, 5) is 9.11. The van der Waals surface area contributed by atoms with Crippen molar-refractivity contribution in [1.82, 2.24) is 9.97 Å². The first kappa shape index (κ1) is 15.1. The van der Waals surface area contributed by atoms with Crippen LogP contribution in [0, 0.1) is 19.8 Å². The highest BCUT2D eigenvalue weighted by atomic mass is 15.1. The number of hydrogen-bond acceptors (Lipinski definition) is 4. The summed E-state index contributed by atoms with van der Waals surface area (Å²) < 4.78 is 0. The molecule has 0 radical (unpaired) electrons. The molecule has 1 aliphatic rings. The van der Waals surface area contributed by atoms with Gasteiger partial charge in [-0.15, -0.1) is 0 Å². The molecule has 0 spiro atoms. The molecule has 2 N–H and O–H groups in total. The van der Waals surface area contributed by atoms with Crippen LogP contribution in [-0.2, 0) is 0 Å². The van der Waals surface area contributed by atoms with Gasteiger partial charge in [-0.2, -0.15) is 0 Å². The van der Waals surface area contributed by atoms with E-state index in [2.05, 4.69) is 41.4 Å². The van der Waals surface area contributed by atoms with Gasteiger partial charge >= 0.3 is 0 Å². The summed E-state index contributed by atoms with van der Waals surface area (Å²) in [7, 11) is 0. The maximum absolute atomic E-state index is 4.59. The molecule has 1 aromatic rings. The van der Waals surface area contributed by atoms with Gasteiger partial charge in [-0.1, -0.05) is 13.8 Å². The molecule has 4 heteroatoms. The van der Waals surface area contributed by atoms with E-state index in [1.165, 1.54) is 25.7 Å². The summed E-state index contributed by atoms with van der Waals surface area (Å²) in [6, 6.07) is 0.568. The molecule has 0 aliphatic heterocycles. The fraction of sp³-hybridized carbons (Fsp3) is 0.750. The first-order chi connectivity index (χ1) is 9.60. The molecule has 0 unspecified atom stereocenters. The molecule has 1 fully saturated rings. The van der Waals surface area contributed by atoms with Gasteiger partial charge in [0, 0.05) is 18.2 Å². The predicted molar refractivity (Wildman–Crippen MR) is 85.3 cm³/mol. The smallest absolute Gasteiger partial charge is 0.134 e. The second-order valence-electron chi connectivity index (χ2n) is 6.12. The molecule has 0 saturated heterocycles. The van der Waals surface area contributed by atoms with Crippen LogP contribution in [0.5, 0.6) is 0 Å². The molecule has 20 heavy (non-hydrogen) atoms. The zero-order valence-electron chi connectivity index (χ0n) is 13.3. The zero-order valence-corrected chi connectivity index (χ0v) is 13.3. The predicted octanol–water partition coefficient (Wildman–Crippen LogP) is 3.91. The van der Waals surface area contributed by atoms with Crippen LogP contribution in [0.4, 0.5) is 11.6 Å². The van der Waals surface area contributed by atoms with Gasteiger partial charge in [0.15, 0.2) is 0 Å². The van der Waals surface area contributed by atoms with Crippen LogP contribution < -0.4 is 10.6 Å². The Bertz CT molecular complexity index is 436. The van der Waals surface area contributed by atoms with Crippen molar-refractivity contribution in [3.8, 4) is 0 Å². The van der Waals surface area contributed by atoms with Crippen LogP contribution in [-0.4, -0.2) is 22.6 Å². The van der Waals surface area contributed by atoms with Gasteiger partial charge < -0.3 is 10.6 Å². The normalized spacial score (nSPS) is 22.6. The number of aryl methyl sites for hydroxylation is 1. The zero-order chi connectivity index (χ0) is 14.5. The second kappa shape index (κ2) is 6.91. The standard InChI is InChI=1S/C16H28N4/c1-5-10-17-15-12(3)16(19-13(4)18-15)20-14-8-6-11(2)7-9-14/h11,14H,5-10H2,1-4H3,(H2,17,18,19,20). The van der Waals surface area contributed by atoms with Gasteiger partial charge in [-0.25, -0.2) is 9.97 Å². The topological polar surface area (TPSA) is 49.8 Å². The molecule has 0 amide bonds. The SMILES string of the molecule is CCCNc1nc(C)nc(NC2CCC(C)CC2)c1C. The van der Waals surface area contributed by atoms with E-state index in [4.69, 9.17) is 0 Å². The lowest BCUT2D eigenvalue weighted by molar-refractivity contribution is 0.360. The van der Waals surface area contributed by atoms with Crippen molar-refractivity contribution in [2.45, 2.75) is 65.8 Å². The Labute approximate surface area is 122 Å². The van der Waals surface area contributed by atoms with Gasteiger partial charge in [0.05, 0.1) is 0 Å². The van der Waals surface area contributed by atoms with Crippen molar-refractivity contribution >= 4 is 11.6 Å². The molecular weight excluding hydrogens is 248 g/mol. The minimum atomic E-state index is 0.568. The van der Waals surface area contributed by atoms with E-state index in [-0.39, 0.29) is 0 Å². The molecule has 0 bridgehead atoms. The molecule has 1 heterocycles. The number of aromatic nitrogens is 2. The fourth-order valence-corrected chi connectivity index (χ4v) is 2.78. The van der Waals surface area contributed by atoms with E-state index < -0.39 is 0 Å². The van der Waals surface area contributed by atoms with Crippen molar-refractivity contribution in [2.24, 2.45) is 5.92 Å². The number of nitrogens with one attached hydrogen (secondary N) is 2. The van der Waals surface area contributed by atoms with Gasteiger partial charge in [0.2, 0.25) is 0 Å². The van der Waals surface area contributed by atoms with Gasteiger partial charge in [-0.05, 0) is 51.9 Å². The highest BCUT2D eigenvalue weighted by Crippen LogP contribution is 2.27. The summed E-state index contributed by atoms with van der Waals surface area (Å²) in [5.41, 5.74) is 1.14. The molecule has 1 aromatic heterocycles. The molecule has 0 atom stereocenters. The van der Waals surface area contributed by atoms with Gasteiger partial charge in [0.25, 0.3) is 0 Å². The molecular formula is C16H28N4. The highest BCUT2D eigenvalue weighted by molar-refractivity contribution is 5.57. The molecule has 2 rings (SSSR count). The number of rotatable bonds is 5. The van der Waals surface area contributed by atoms with Gasteiger partial charge in [-0.3, -0.25) is 0 Å². The number of hydrogen-bond donors (Lipinski definition) is 2. The first-order valence-corrected chi connectivity index (χ1v) is 7.95. The Morgan fingerprint density at radius 1 is 1.05 bits per heavy atom. The second-order valence-corrected chi connectivity index (χ2v) is 6.12. The minimum Gasteiger partial charge on any atom is -0.370 e. The highest BCUT2D eigenvalue weighted by Gasteiger charge is 2.19. The average molecular weight is 276 g/mol. The quantitative estimate of drug-likeness (QED) is 0.856. The third-order valence-corrected chi connectivity index (χ3v) is 4.16. The maximum atomic E-state index is 4.59. The Hall–Kier alpha value is -1.32. The molecule has 112 valence electrons. The summed E-state index contributed by atoms with van der Waals surface area (Å²) in [5, 5.41) is 7.03. The van der Waals surface area contributed by atoms with Crippen LogP contribution >= 0.6 is 0 Å². The van der Waals surface area contributed by atoms with Crippen LogP contribution in [0.2, 0.25) is 0 Å². The third-order valence-electron chi connectivity index (χ3n) is 4.16. The Kier molecular flexibility index (Phi) is 5.21. The van der Waals surface area contributed by atoms with E-state index >= 15 is 0 Å². The average Bonchev–Trinajstić information content (AvgIpc) is 2.43. The molecule has 1 aliphatic carbocycles. The summed E-state index contributed by atoms with van der Waals surface area (Å²) in [5.74, 6) is 3.70. The Morgan fingerprint density at radius 2 is 1.70 bits per heavy atom. The lowest BCUT2D eigenvalue weighted by atomic mass is 9.87.